The van der Waals surface area contributed by atoms with Crippen molar-refractivity contribution in [3.8, 4) is 11.5 Å². The normalized spacial score (nSPS) is 11.7. The molecule has 0 aliphatic carbocycles. The molecule has 2 N–H and O–H groups in total. The zero-order chi connectivity index (χ0) is 20.5. The van der Waals surface area contributed by atoms with Crippen molar-refractivity contribution in [2.75, 3.05) is 6.61 Å². The van der Waals surface area contributed by atoms with Gasteiger partial charge < -0.3 is 9.47 Å². The monoisotopic (exact) mass is 406 g/mol. The molecular formula is C20H20ClFN2O4. The van der Waals surface area contributed by atoms with E-state index in [-0.39, 0.29) is 10.6 Å². The van der Waals surface area contributed by atoms with Crippen LogP contribution in [0.4, 0.5) is 4.39 Å². The van der Waals surface area contributed by atoms with Crippen LogP contribution in [0.3, 0.4) is 0 Å². The predicted molar refractivity (Wildman–Crippen MR) is 104 cm³/mol. The Balaban J connectivity index is 1.83. The largest absolute Gasteiger partial charge is 0.494 e. The van der Waals surface area contributed by atoms with Gasteiger partial charge in [-0.15, -0.1) is 0 Å². The number of nitrogens with one attached hydrogen (secondary N) is 2. The van der Waals surface area contributed by atoms with Crippen molar-refractivity contribution in [1.82, 2.24) is 10.9 Å². The molecule has 0 aliphatic heterocycles. The average molecular weight is 407 g/mol. The molecule has 0 heterocycles. The molecule has 0 aromatic heterocycles. The van der Waals surface area contributed by atoms with Gasteiger partial charge in [0.1, 0.15) is 17.3 Å². The lowest BCUT2D eigenvalue weighted by atomic mass is 10.2. The summed E-state index contributed by atoms with van der Waals surface area (Å²) in [6.45, 7) is 3.97. The number of carbonyl (C=O) groups is 2. The molecule has 148 valence electrons. The number of benzene rings is 2. The molecule has 0 saturated carbocycles. The van der Waals surface area contributed by atoms with Crippen molar-refractivity contribution in [3.05, 3.63) is 64.9 Å². The van der Waals surface area contributed by atoms with Gasteiger partial charge in [0, 0.05) is 11.6 Å². The summed E-state index contributed by atoms with van der Waals surface area (Å²) < 4.78 is 24.5. The molecule has 0 fully saturated rings. The SMILES string of the molecule is CCOc1ccc(O[C@@H](C)C(=O)NNC(=O)/C=C/c2c(F)cccc2Cl)cc1. The summed E-state index contributed by atoms with van der Waals surface area (Å²) in [5, 5.41) is 0.172. The lowest BCUT2D eigenvalue weighted by Crippen LogP contribution is -2.46. The fourth-order valence-corrected chi connectivity index (χ4v) is 2.36. The maximum absolute atomic E-state index is 13.6. The average Bonchev–Trinajstić information content (AvgIpc) is 2.67. The third kappa shape index (κ3) is 6.28. The fraction of sp³-hybridized carbons (Fsp3) is 0.200. The first-order valence-electron chi connectivity index (χ1n) is 8.52. The molecule has 8 heteroatoms. The highest BCUT2D eigenvalue weighted by Crippen LogP contribution is 2.20. The maximum atomic E-state index is 13.6. The quantitative estimate of drug-likeness (QED) is 0.545. The fourth-order valence-electron chi connectivity index (χ4n) is 2.13. The molecule has 6 nitrogen and oxygen atoms in total. The number of hydrogen-bond acceptors (Lipinski definition) is 4. The standard InChI is InChI=1S/C20H20ClFN2O4/c1-3-27-14-7-9-15(10-8-14)28-13(2)20(26)24-23-19(25)12-11-16-17(21)5-4-6-18(16)22/h4-13H,3H2,1-2H3,(H,23,25)(H,24,26)/b12-11+/t13-/m0/s1. The third-order valence-corrected chi connectivity index (χ3v) is 3.86. The van der Waals surface area contributed by atoms with E-state index in [1.54, 1.807) is 24.3 Å². The molecule has 0 saturated heterocycles. The van der Waals surface area contributed by atoms with Crippen LogP contribution >= 0.6 is 11.6 Å². The van der Waals surface area contributed by atoms with E-state index in [4.69, 9.17) is 21.1 Å². The highest BCUT2D eigenvalue weighted by atomic mass is 35.5. The second-order valence-corrected chi connectivity index (χ2v) is 6.02. The molecule has 2 amide bonds. The van der Waals surface area contributed by atoms with E-state index in [0.29, 0.717) is 18.1 Å². The Morgan fingerprint density at radius 3 is 2.46 bits per heavy atom. The van der Waals surface area contributed by atoms with E-state index in [1.165, 1.54) is 31.2 Å². The van der Waals surface area contributed by atoms with Crippen molar-refractivity contribution < 1.29 is 23.5 Å². The van der Waals surface area contributed by atoms with E-state index in [9.17, 15) is 14.0 Å². The van der Waals surface area contributed by atoms with E-state index in [1.807, 2.05) is 6.92 Å². The van der Waals surface area contributed by atoms with E-state index < -0.39 is 23.7 Å². The maximum Gasteiger partial charge on any atom is 0.279 e. The van der Waals surface area contributed by atoms with Gasteiger partial charge in [0.2, 0.25) is 0 Å². The summed E-state index contributed by atoms with van der Waals surface area (Å²) >= 11 is 5.87. The first-order valence-corrected chi connectivity index (χ1v) is 8.90. The molecule has 0 unspecified atom stereocenters. The molecule has 2 aromatic carbocycles. The van der Waals surface area contributed by atoms with Gasteiger partial charge in [0.05, 0.1) is 11.6 Å². The molecule has 2 rings (SSSR count). The van der Waals surface area contributed by atoms with Crippen LogP contribution in [0.1, 0.15) is 19.4 Å². The summed E-state index contributed by atoms with van der Waals surface area (Å²) in [6, 6.07) is 11.0. The molecular weight excluding hydrogens is 387 g/mol. The van der Waals surface area contributed by atoms with Gasteiger partial charge >= 0.3 is 0 Å². The van der Waals surface area contributed by atoms with Crippen LogP contribution in [-0.4, -0.2) is 24.5 Å². The van der Waals surface area contributed by atoms with Crippen molar-refractivity contribution in [2.45, 2.75) is 20.0 Å². The lowest BCUT2D eigenvalue weighted by Gasteiger charge is -2.15. The van der Waals surface area contributed by atoms with Crippen molar-refractivity contribution in [2.24, 2.45) is 0 Å². The number of halogens is 2. The van der Waals surface area contributed by atoms with Gasteiger partial charge in [-0.2, -0.15) is 0 Å². The summed E-state index contributed by atoms with van der Waals surface area (Å²) in [5.74, 6) is -0.592. The van der Waals surface area contributed by atoms with Crippen LogP contribution in [0, 0.1) is 5.82 Å². The van der Waals surface area contributed by atoms with Crippen LogP contribution in [-0.2, 0) is 9.59 Å². The number of rotatable bonds is 7. The van der Waals surface area contributed by atoms with Crippen LogP contribution in [0.5, 0.6) is 11.5 Å². The smallest absolute Gasteiger partial charge is 0.279 e. The second-order valence-electron chi connectivity index (χ2n) is 5.61. The van der Waals surface area contributed by atoms with Gasteiger partial charge in [0.15, 0.2) is 6.10 Å². The van der Waals surface area contributed by atoms with Gasteiger partial charge in [-0.3, -0.25) is 20.4 Å². The Morgan fingerprint density at radius 2 is 1.82 bits per heavy atom. The number of amides is 2. The van der Waals surface area contributed by atoms with Gasteiger partial charge in [-0.25, -0.2) is 4.39 Å². The molecule has 0 spiro atoms. The van der Waals surface area contributed by atoms with Gasteiger partial charge in [0.25, 0.3) is 11.8 Å². The van der Waals surface area contributed by atoms with Crippen molar-refractivity contribution in [3.63, 3.8) is 0 Å². The first kappa shape index (κ1) is 21.2. The number of ether oxygens (including phenoxy) is 2. The Labute approximate surface area is 167 Å². The Bertz CT molecular complexity index is 836. The van der Waals surface area contributed by atoms with Crippen LogP contribution in [0.15, 0.2) is 48.5 Å². The molecule has 0 radical (unpaired) electrons. The highest BCUT2D eigenvalue weighted by molar-refractivity contribution is 6.32. The minimum Gasteiger partial charge on any atom is -0.494 e. The van der Waals surface area contributed by atoms with Crippen LogP contribution in [0.2, 0.25) is 5.02 Å². The molecule has 0 aliphatic rings. The molecule has 2 aromatic rings. The molecule has 28 heavy (non-hydrogen) atoms. The zero-order valence-corrected chi connectivity index (χ0v) is 16.1. The second kappa shape index (κ2) is 10.3. The van der Waals surface area contributed by atoms with Crippen molar-refractivity contribution >= 4 is 29.5 Å². The Hall–Kier alpha value is -3.06. The first-order chi connectivity index (χ1) is 13.4. The summed E-state index contributed by atoms with van der Waals surface area (Å²) in [6.07, 6.45) is 1.42. The summed E-state index contributed by atoms with van der Waals surface area (Å²) in [5.41, 5.74) is 4.51. The topological polar surface area (TPSA) is 76.7 Å². The van der Waals surface area contributed by atoms with E-state index >= 15 is 0 Å². The lowest BCUT2D eigenvalue weighted by molar-refractivity contribution is -0.131. The minimum absolute atomic E-state index is 0.0813. The summed E-state index contributed by atoms with van der Waals surface area (Å²) in [7, 11) is 0. The summed E-state index contributed by atoms with van der Waals surface area (Å²) in [4.78, 5) is 23.8. The number of hydrogen-bond donors (Lipinski definition) is 2. The number of carbonyl (C=O) groups excluding carboxylic acids is 2. The van der Waals surface area contributed by atoms with E-state index in [0.717, 1.165) is 6.08 Å². The van der Waals surface area contributed by atoms with E-state index in [2.05, 4.69) is 10.9 Å². The van der Waals surface area contributed by atoms with Gasteiger partial charge in [-0.1, -0.05) is 17.7 Å². The Morgan fingerprint density at radius 1 is 1.14 bits per heavy atom. The predicted octanol–water partition coefficient (Wildman–Crippen LogP) is 3.51. The van der Waals surface area contributed by atoms with Crippen LogP contribution in [0.25, 0.3) is 6.08 Å². The highest BCUT2D eigenvalue weighted by Gasteiger charge is 2.15. The van der Waals surface area contributed by atoms with Gasteiger partial charge in [-0.05, 0) is 56.3 Å². The Kier molecular flexibility index (Phi) is 7.83. The molecule has 0 bridgehead atoms. The minimum atomic E-state index is -0.858. The van der Waals surface area contributed by atoms with Crippen molar-refractivity contribution in [1.29, 1.82) is 0 Å². The van der Waals surface area contributed by atoms with Crippen LogP contribution < -0.4 is 20.3 Å². The third-order valence-electron chi connectivity index (χ3n) is 3.53. The number of hydrazine groups is 1. The zero-order valence-electron chi connectivity index (χ0n) is 15.4. The molecule has 1 atom stereocenters.